The monoisotopic (exact) mass is 262 g/mol. The molecule has 0 spiro atoms. The summed E-state index contributed by atoms with van der Waals surface area (Å²) in [6.07, 6.45) is 3.86. The van der Waals surface area contributed by atoms with E-state index in [1.54, 1.807) is 6.07 Å². The second-order valence-corrected chi connectivity index (χ2v) is 5.46. The highest BCUT2D eigenvalue weighted by molar-refractivity contribution is 5.51. The Kier molecular flexibility index (Phi) is 3.10. The molecule has 6 heteroatoms. The van der Waals surface area contributed by atoms with Gasteiger partial charge in [-0.3, -0.25) is 10.1 Å². The predicted octanol–water partition coefficient (Wildman–Crippen LogP) is 1.49. The average Bonchev–Trinajstić information content (AvgIpc) is 2.81. The van der Waals surface area contributed by atoms with Crippen molar-refractivity contribution in [1.29, 1.82) is 0 Å². The lowest BCUT2D eigenvalue weighted by molar-refractivity contribution is -0.385. The topological polar surface area (TPSA) is 71.3 Å². The van der Waals surface area contributed by atoms with E-state index in [9.17, 15) is 10.1 Å². The van der Waals surface area contributed by atoms with Gasteiger partial charge < -0.3 is 10.2 Å². The van der Waals surface area contributed by atoms with Crippen molar-refractivity contribution in [1.82, 2.24) is 10.3 Å². The van der Waals surface area contributed by atoms with Gasteiger partial charge >= 0.3 is 0 Å². The number of hydrogen-bond acceptors (Lipinski definition) is 5. The second-order valence-electron chi connectivity index (χ2n) is 5.46. The van der Waals surface area contributed by atoms with Crippen LogP contribution < -0.4 is 10.2 Å². The summed E-state index contributed by atoms with van der Waals surface area (Å²) in [5.41, 5.74) is 0.948. The quantitative estimate of drug-likeness (QED) is 0.645. The number of nitro groups is 1. The standard InChI is InChI=1S/C13H18N4O2/c1-9-5-11(17(18)19)6-15-13(9)16-7-10-3-2-4-14-12(10)8-16/h5-6,10,12,14H,2-4,7-8H2,1H3. The molecule has 1 aromatic rings. The Morgan fingerprint density at radius 1 is 1.53 bits per heavy atom. The SMILES string of the molecule is Cc1cc([N+](=O)[O-])cnc1N1CC2CCCNC2C1. The number of pyridine rings is 1. The molecule has 3 heterocycles. The molecule has 19 heavy (non-hydrogen) atoms. The third kappa shape index (κ3) is 2.28. The largest absolute Gasteiger partial charge is 0.354 e. The number of piperidine rings is 1. The lowest BCUT2D eigenvalue weighted by atomic mass is 9.94. The fourth-order valence-electron chi connectivity index (χ4n) is 3.20. The van der Waals surface area contributed by atoms with Crippen molar-refractivity contribution >= 4 is 11.5 Å². The number of hydrogen-bond donors (Lipinski definition) is 1. The van der Waals surface area contributed by atoms with Gasteiger partial charge in [0.1, 0.15) is 12.0 Å². The first-order chi connectivity index (χ1) is 9.15. The van der Waals surface area contributed by atoms with Crippen molar-refractivity contribution in [3.63, 3.8) is 0 Å². The molecule has 2 atom stereocenters. The molecule has 0 radical (unpaired) electrons. The van der Waals surface area contributed by atoms with Crippen LogP contribution in [0, 0.1) is 23.0 Å². The molecule has 0 amide bonds. The highest BCUT2D eigenvalue weighted by Gasteiger charge is 2.35. The summed E-state index contributed by atoms with van der Waals surface area (Å²) in [6.45, 7) is 4.95. The van der Waals surface area contributed by atoms with Gasteiger partial charge in [0.05, 0.1) is 4.92 Å². The summed E-state index contributed by atoms with van der Waals surface area (Å²) in [6, 6.07) is 2.16. The minimum Gasteiger partial charge on any atom is -0.354 e. The fourth-order valence-corrected chi connectivity index (χ4v) is 3.20. The van der Waals surface area contributed by atoms with Crippen molar-refractivity contribution in [2.24, 2.45) is 5.92 Å². The zero-order chi connectivity index (χ0) is 13.4. The smallest absolute Gasteiger partial charge is 0.287 e. The van der Waals surface area contributed by atoms with Gasteiger partial charge in [-0.1, -0.05) is 0 Å². The molecule has 6 nitrogen and oxygen atoms in total. The van der Waals surface area contributed by atoms with Crippen LogP contribution in [0.15, 0.2) is 12.3 Å². The maximum atomic E-state index is 10.7. The van der Waals surface area contributed by atoms with E-state index in [0.29, 0.717) is 12.0 Å². The summed E-state index contributed by atoms with van der Waals surface area (Å²) in [7, 11) is 0. The minimum atomic E-state index is -0.394. The van der Waals surface area contributed by atoms with Crippen molar-refractivity contribution in [2.45, 2.75) is 25.8 Å². The lowest BCUT2D eigenvalue weighted by Crippen LogP contribution is -2.40. The fraction of sp³-hybridized carbons (Fsp3) is 0.615. The first-order valence-electron chi connectivity index (χ1n) is 6.74. The molecule has 2 saturated heterocycles. The van der Waals surface area contributed by atoms with E-state index < -0.39 is 4.92 Å². The summed E-state index contributed by atoms with van der Waals surface area (Å²) in [5.74, 6) is 1.58. The van der Waals surface area contributed by atoms with E-state index in [0.717, 1.165) is 31.0 Å². The molecule has 2 aliphatic heterocycles. The van der Waals surface area contributed by atoms with Crippen molar-refractivity contribution < 1.29 is 4.92 Å². The number of aromatic nitrogens is 1. The maximum Gasteiger partial charge on any atom is 0.287 e. The Bertz CT molecular complexity index is 491. The van der Waals surface area contributed by atoms with E-state index in [1.807, 2.05) is 6.92 Å². The van der Waals surface area contributed by atoms with E-state index in [1.165, 1.54) is 19.0 Å². The maximum absolute atomic E-state index is 10.7. The average molecular weight is 262 g/mol. The molecule has 1 aromatic heterocycles. The van der Waals surface area contributed by atoms with Crippen molar-refractivity contribution in [3.05, 3.63) is 27.9 Å². The Hall–Kier alpha value is -1.69. The number of nitrogens with zero attached hydrogens (tertiary/aromatic N) is 3. The molecule has 0 aromatic carbocycles. The van der Waals surface area contributed by atoms with Crippen LogP contribution in [0.5, 0.6) is 0 Å². The number of rotatable bonds is 2. The summed E-state index contributed by atoms with van der Waals surface area (Å²) in [4.78, 5) is 16.9. The van der Waals surface area contributed by atoms with Gasteiger partial charge in [0.25, 0.3) is 5.69 Å². The van der Waals surface area contributed by atoms with Crippen LogP contribution in [0.4, 0.5) is 11.5 Å². The number of nitrogens with one attached hydrogen (secondary N) is 1. The summed E-state index contributed by atoms with van der Waals surface area (Å²) < 4.78 is 0. The van der Waals surface area contributed by atoms with Gasteiger partial charge in [-0.25, -0.2) is 4.98 Å². The van der Waals surface area contributed by atoms with Gasteiger partial charge in [0.15, 0.2) is 0 Å². The highest BCUT2D eigenvalue weighted by atomic mass is 16.6. The first-order valence-corrected chi connectivity index (χ1v) is 6.74. The van der Waals surface area contributed by atoms with Crippen LogP contribution in [0.2, 0.25) is 0 Å². The molecular weight excluding hydrogens is 244 g/mol. The molecule has 1 N–H and O–H groups in total. The van der Waals surface area contributed by atoms with Crippen molar-refractivity contribution in [2.75, 3.05) is 24.5 Å². The Balaban J connectivity index is 1.81. The van der Waals surface area contributed by atoms with E-state index in [2.05, 4.69) is 15.2 Å². The zero-order valence-corrected chi connectivity index (χ0v) is 11.0. The summed E-state index contributed by atoms with van der Waals surface area (Å²) in [5, 5.41) is 14.3. The number of aryl methyl sites for hydroxylation is 1. The highest BCUT2D eigenvalue weighted by Crippen LogP contribution is 2.30. The van der Waals surface area contributed by atoms with Gasteiger partial charge in [-0.2, -0.15) is 0 Å². The molecule has 2 fully saturated rings. The van der Waals surface area contributed by atoms with Gasteiger partial charge in [-0.15, -0.1) is 0 Å². The zero-order valence-electron chi connectivity index (χ0n) is 11.0. The Morgan fingerprint density at radius 2 is 2.37 bits per heavy atom. The van der Waals surface area contributed by atoms with Crippen LogP contribution in [0.25, 0.3) is 0 Å². The third-order valence-electron chi connectivity index (χ3n) is 4.15. The molecule has 2 aliphatic rings. The number of anilines is 1. The molecule has 0 aliphatic carbocycles. The van der Waals surface area contributed by atoms with E-state index >= 15 is 0 Å². The molecule has 0 saturated carbocycles. The van der Waals surface area contributed by atoms with Gasteiger partial charge in [0.2, 0.25) is 0 Å². The van der Waals surface area contributed by atoms with Crippen LogP contribution in [-0.4, -0.2) is 35.6 Å². The van der Waals surface area contributed by atoms with Crippen LogP contribution in [0.3, 0.4) is 0 Å². The molecule has 102 valence electrons. The van der Waals surface area contributed by atoms with Crippen LogP contribution in [-0.2, 0) is 0 Å². The normalized spacial score (nSPS) is 26.3. The first kappa shape index (κ1) is 12.3. The molecular formula is C13H18N4O2. The van der Waals surface area contributed by atoms with Gasteiger partial charge in [-0.05, 0) is 37.8 Å². The van der Waals surface area contributed by atoms with Gasteiger partial charge in [0, 0.05) is 25.2 Å². The predicted molar refractivity (Wildman–Crippen MR) is 72.4 cm³/mol. The molecule has 0 bridgehead atoms. The van der Waals surface area contributed by atoms with E-state index in [-0.39, 0.29) is 5.69 Å². The Labute approximate surface area is 112 Å². The second kappa shape index (κ2) is 4.77. The summed E-state index contributed by atoms with van der Waals surface area (Å²) >= 11 is 0. The van der Waals surface area contributed by atoms with Crippen molar-refractivity contribution in [3.8, 4) is 0 Å². The van der Waals surface area contributed by atoms with Crippen LogP contribution >= 0.6 is 0 Å². The lowest BCUT2D eigenvalue weighted by Gasteiger charge is -2.24. The third-order valence-corrected chi connectivity index (χ3v) is 4.15. The molecule has 3 rings (SSSR count). The van der Waals surface area contributed by atoms with Crippen LogP contribution in [0.1, 0.15) is 18.4 Å². The Morgan fingerprint density at radius 3 is 3.05 bits per heavy atom. The minimum absolute atomic E-state index is 0.0657. The number of fused-ring (bicyclic) bond motifs is 1. The molecule has 2 unspecified atom stereocenters. The van der Waals surface area contributed by atoms with E-state index in [4.69, 9.17) is 0 Å².